The first-order valence-electron chi connectivity index (χ1n) is 6.16. The molecule has 0 aliphatic heterocycles. The van der Waals surface area contributed by atoms with Crippen LogP contribution in [0, 0.1) is 0 Å². The van der Waals surface area contributed by atoms with E-state index in [0.29, 0.717) is 23.5 Å². The van der Waals surface area contributed by atoms with Crippen LogP contribution in [0.4, 0.5) is 0 Å². The largest absolute Gasteiger partial charge is 0.444 e. The second-order valence-corrected chi connectivity index (χ2v) is 4.78. The van der Waals surface area contributed by atoms with Crippen molar-refractivity contribution in [1.29, 1.82) is 0 Å². The first kappa shape index (κ1) is 14.6. The number of aromatic nitrogens is 2. The molecule has 0 unspecified atom stereocenters. The van der Waals surface area contributed by atoms with Crippen molar-refractivity contribution in [1.82, 2.24) is 14.7 Å². The molecule has 0 spiro atoms. The predicted octanol–water partition coefficient (Wildman–Crippen LogP) is 1.73. The van der Waals surface area contributed by atoms with Crippen LogP contribution in [0.2, 0.25) is 0 Å². The Labute approximate surface area is 123 Å². The summed E-state index contributed by atoms with van der Waals surface area (Å²) in [6.07, 6.45) is 0. The number of likely N-dealkylation sites (N-methyl/N-ethyl adjacent to an activating group) is 1. The van der Waals surface area contributed by atoms with Gasteiger partial charge in [0.05, 0.1) is 0 Å². The van der Waals surface area contributed by atoms with Gasteiger partial charge in [0, 0.05) is 13.1 Å². The van der Waals surface area contributed by atoms with Crippen LogP contribution >= 0.6 is 15.9 Å². The van der Waals surface area contributed by atoms with Crippen LogP contribution in [0.1, 0.15) is 13.8 Å². The highest BCUT2D eigenvalue weighted by Gasteiger charge is 2.17. The summed E-state index contributed by atoms with van der Waals surface area (Å²) in [6.45, 7) is 4.77. The third-order valence-electron chi connectivity index (χ3n) is 2.79. The minimum atomic E-state index is -0.687. The Balaban J connectivity index is 2.20. The molecule has 108 valence electrons. The quantitative estimate of drug-likeness (QED) is 0.825. The monoisotopic (exact) mass is 343 g/mol. The van der Waals surface area contributed by atoms with Crippen LogP contribution in [-0.2, 0) is 11.3 Å². The predicted molar refractivity (Wildman–Crippen MR) is 74.1 cm³/mol. The number of furan rings is 1. The molecule has 0 N–H and O–H groups in total. The molecule has 2 aromatic heterocycles. The Morgan fingerprint density at radius 1 is 1.35 bits per heavy atom. The summed E-state index contributed by atoms with van der Waals surface area (Å²) < 4.78 is 11.7. The molecular formula is C12H14BrN3O4. The van der Waals surface area contributed by atoms with Gasteiger partial charge in [-0.25, -0.2) is 4.79 Å². The van der Waals surface area contributed by atoms with E-state index < -0.39 is 5.76 Å². The highest BCUT2D eigenvalue weighted by Crippen LogP contribution is 2.22. The molecule has 8 heteroatoms. The Hall–Kier alpha value is -1.83. The van der Waals surface area contributed by atoms with Gasteiger partial charge in [0.25, 0.3) is 5.89 Å². The van der Waals surface area contributed by atoms with Gasteiger partial charge in [-0.15, -0.1) is 5.10 Å². The van der Waals surface area contributed by atoms with Crippen molar-refractivity contribution in [3.8, 4) is 11.7 Å². The number of hydrogen-bond donors (Lipinski definition) is 0. The molecule has 2 rings (SSSR count). The lowest BCUT2D eigenvalue weighted by molar-refractivity contribution is -0.131. The number of nitrogens with zero attached hydrogens (tertiary/aromatic N) is 3. The van der Waals surface area contributed by atoms with Gasteiger partial charge in [-0.3, -0.25) is 4.79 Å². The lowest BCUT2D eigenvalue weighted by Crippen LogP contribution is -2.35. The summed E-state index contributed by atoms with van der Waals surface area (Å²) in [7, 11) is 0. The Morgan fingerprint density at radius 2 is 2.05 bits per heavy atom. The van der Waals surface area contributed by atoms with E-state index in [1.807, 2.05) is 13.8 Å². The standard InChI is InChI=1S/C12H14BrN3O4/c1-3-15(4-2)10(17)7-16-12(18)20-11(14-16)8-5-6-9(13)19-8/h5-6H,3-4,7H2,1-2H3. The Morgan fingerprint density at radius 3 is 2.60 bits per heavy atom. The first-order valence-corrected chi connectivity index (χ1v) is 6.95. The number of carbonyl (C=O) groups is 1. The van der Waals surface area contributed by atoms with E-state index in [9.17, 15) is 9.59 Å². The first-order chi connectivity index (χ1) is 9.55. The average Bonchev–Trinajstić information content (AvgIpc) is 2.98. The average molecular weight is 344 g/mol. The molecule has 0 aromatic carbocycles. The molecule has 20 heavy (non-hydrogen) atoms. The fourth-order valence-corrected chi connectivity index (χ4v) is 2.05. The Kier molecular flexibility index (Phi) is 4.43. The maximum absolute atomic E-state index is 11.9. The maximum atomic E-state index is 11.9. The molecule has 7 nitrogen and oxygen atoms in total. The summed E-state index contributed by atoms with van der Waals surface area (Å²) in [5, 5.41) is 3.96. The van der Waals surface area contributed by atoms with Crippen molar-refractivity contribution < 1.29 is 13.6 Å². The third-order valence-corrected chi connectivity index (χ3v) is 3.22. The van der Waals surface area contributed by atoms with E-state index >= 15 is 0 Å². The van der Waals surface area contributed by atoms with E-state index in [0.717, 1.165) is 4.68 Å². The Bertz CT molecular complexity index is 654. The van der Waals surface area contributed by atoms with Crippen molar-refractivity contribution in [2.75, 3.05) is 13.1 Å². The van der Waals surface area contributed by atoms with Crippen molar-refractivity contribution in [2.24, 2.45) is 0 Å². The van der Waals surface area contributed by atoms with E-state index in [-0.39, 0.29) is 18.3 Å². The van der Waals surface area contributed by atoms with Crippen LogP contribution < -0.4 is 5.76 Å². The molecule has 0 aliphatic rings. The zero-order valence-corrected chi connectivity index (χ0v) is 12.7. The lowest BCUT2D eigenvalue weighted by atomic mass is 10.4. The minimum Gasteiger partial charge on any atom is -0.444 e. The normalized spacial score (nSPS) is 10.8. The molecule has 2 aromatic rings. The smallest absolute Gasteiger partial charge is 0.437 e. The van der Waals surface area contributed by atoms with Gasteiger partial charge in [-0.05, 0) is 41.9 Å². The van der Waals surface area contributed by atoms with E-state index in [1.54, 1.807) is 17.0 Å². The molecule has 2 heterocycles. The van der Waals surface area contributed by atoms with Crippen molar-refractivity contribution in [3.05, 3.63) is 27.4 Å². The molecule has 1 amide bonds. The number of carbonyl (C=O) groups excluding carboxylic acids is 1. The van der Waals surface area contributed by atoms with Crippen LogP contribution in [0.5, 0.6) is 0 Å². The zero-order valence-electron chi connectivity index (χ0n) is 11.1. The van der Waals surface area contributed by atoms with Gasteiger partial charge in [0.2, 0.25) is 5.91 Å². The number of hydrogen-bond acceptors (Lipinski definition) is 5. The highest BCUT2D eigenvalue weighted by molar-refractivity contribution is 9.10. The van der Waals surface area contributed by atoms with Gasteiger partial charge < -0.3 is 13.7 Å². The SMILES string of the molecule is CCN(CC)C(=O)Cn1nc(-c2ccc(Br)o2)oc1=O. The van der Waals surface area contributed by atoms with Crippen LogP contribution in [-0.4, -0.2) is 33.7 Å². The summed E-state index contributed by atoms with van der Waals surface area (Å²) in [4.78, 5) is 25.2. The van der Waals surface area contributed by atoms with Gasteiger partial charge >= 0.3 is 5.76 Å². The molecular weight excluding hydrogens is 330 g/mol. The number of rotatable bonds is 5. The lowest BCUT2D eigenvalue weighted by Gasteiger charge is -2.17. The summed E-state index contributed by atoms with van der Waals surface area (Å²) in [6, 6.07) is 3.28. The van der Waals surface area contributed by atoms with Crippen LogP contribution in [0.3, 0.4) is 0 Å². The fraction of sp³-hybridized carbons (Fsp3) is 0.417. The minimum absolute atomic E-state index is 0.0491. The highest BCUT2D eigenvalue weighted by atomic mass is 79.9. The molecule has 0 radical (unpaired) electrons. The molecule has 0 saturated carbocycles. The van der Waals surface area contributed by atoms with Crippen molar-refractivity contribution in [2.45, 2.75) is 20.4 Å². The molecule has 0 aliphatic carbocycles. The van der Waals surface area contributed by atoms with Crippen LogP contribution in [0.25, 0.3) is 11.7 Å². The number of amides is 1. The van der Waals surface area contributed by atoms with E-state index in [4.69, 9.17) is 8.83 Å². The van der Waals surface area contributed by atoms with Crippen LogP contribution in [0.15, 0.2) is 30.4 Å². The molecule has 0 atom stereocenters. The molecule has 0 fully saturated rings. The number of halogens is 1. The van der Waals surface area contributed by atoms with E-state index in [2.05, 4.69) is 21.0 Å². The summed E-state index contributed by atoms with van der Waals surface area (Å²) >= 11 is 3.15. The van der Waals surface area contributed by atoms with Gasteiger partial charge in [-0.1, -0.05) is 0 Å². The van der Waals surface area contributed by atoms with Crippen molar-refractivity contribution in [3.63, 3.8) is 0 Å². The summed E-state index contributed by atoms with van der Waals surface area (Å²) in [5.41, 5.74) is 0. The second kappa shape index (κ2) is 6.08. The fourth-order valence-electron chi connectivity index (χ4n) is 1.74. The second-order valence-electron chi connectivity index (χ2n) is 4.00. The molecule has 0 bridgehead atoms. The van der Waals surface area contributed by atoms with Crippen molar-refractivity contribution >= 4 is 21.8 Å². The zero-order chi connectivity index (χ0) is 14.7. The van der Waals surface area contributed by atoms with Gasteiger partial charge in [0.1, 0.15) is 6.54 Å². The third kappa shape index (κ3) is 3.01. The summed E-state index contributed by atoms with van der Waals surface area (Å²) in [5.74, 6) is -0.498. The van der Waals surface area contributed by atoms with E-state index in [1.165, 1.54) is 0 Å². The maximum Gasteiger partial charge on any atom is 0.437 e. The topological polar surface area (TPSA) is 81.5 Å². The van der Waals surface area contributed by atoms with Gasteiger partial charge in [-0.2, -0.15) is 4.68 Å². The van der Waals surface area contributed by atoms with Gasteiger partial charge in [0.15, 0.2) is 10.4 Å². The molecule has 0 saturated heterocycles.